The number of nitrogens with one attached hydrogen (secondary N) is 1. The number of hydrogen-bond donors (Lipinski definition) is 1. The Morgan fingerprint density at radius 3 is 2.50 bits per heavy atom. The number of para-hydroxylation sites is 2. The van der Waals surface area contributed by atoms with Crippen molar-refractivity contribution in [3.05, 3.63) is 95.0 Å². The van der Waals surface area contributed by atoms with Gasteiger partial charge in [-0.05, 0) is 41.8 Å². The van der Waals surface area contributed by atoms with E-state index in [9.17, 15) is 4.79 Å². The van der Waals surface area contributed by atoms with Crippen LogP contribution in [0.15, 0.2) is 78.9 Å². The van der Waals surface area contributed by atoms with Crippen molar-refractivity contribution < 1.29 is 9.63 Å². The van der Waals surface area contributed by atoms with Crippen LogP contribution in [0, 0.1) is 5.92 Å². The molecule has 1 fully saturated rings. The molecule has 0 aromatic heterocycles. The summed E-state index contributed by atoms with van der Waals surface area (Å²) in [7, 11) is 0. The smallest absolute Gasteiger partial charge is 0.250 e. The zero-order valence-corrected chi connectivity index (χ0v) is 15.8. The normalized spacial score (nSPS) is 22.6. The predicted molar refractivity (Wildman–Crippen MR) is 110 cm³/mol. The van der Waals surface area contributed by atoms with E-state index < -0.39 is 6.04 Å². The minimum atomic E-state index is -0.448. The number of nitrogens with zero attached hydrogens (tertiary/aromatic N) is 1. The van der Waals surface area contributed by atoms with E-state index >= 15 is 0 Å². The van der Waals surface area contributed by atoms with E-state index in [1.54, 1.807) is 11.1 Å². The number of carbonyl (C=O) groups is 1. The highest BCUT2D eigenvalue weighted by Gasteiger charge is 2.51. The van der Waals surface area contributed by atoms with Crippen molar-refractivity contribution in [3.8, 4) is 0 Å². The van der Waals surface area contributed by atoms with Crippen molar-refractivity contribution in [2.45, 2.75) is 18.6 Å². The number of halogens is 1. The average molecular weight is 391 g/mol. The monoisotopic (exact) mass is 390 g/mol. The lowest BCUT2D eigenvalue weighted by Crippen LogP contribution is -2.43. The average Bonchev–Trinajstić information content (AvgIpc) is 3.26. The molecule has 0 bridgehead atoms. The predicted octanol–water partition coefficient (Wildman–Crippen LogP) is 5.01. The fourth-order valence-corrected chi connectivity index (χ4v) is 4.41. The van der Waals surface area contributed by atoms with Gasteiger partial charge >= 0.3 is 0 Å². The molecule has 2 aliphatic rings. The summed E-state index contributed by atoms with van der Waals surface area (Å²) in [6, 6.07) is 24.9. The van der Waals surface area contributed by atoms with Gasteiger partial charge in [-0.3, -0.25) is 9.63 Å². The number of amides is 1. The maximum Gasteiger partial charge on any atom is 0.250 e. The Morgan fingerprint density at radius 2 is 1.68 bits per heavy atom. The molecule has 3 aromatic rings. The van der Waals surface area contributed by atoms with E-state index in [0.29, 0.717) is 10.7 Å². The maximum atomic E-state index is 13.4. The second-order valence-electron chi connectivity index (χ2n) is 7.17. The molecule has 28 heavy (non-hydrogen) atoms. The fourth-order valence-electron chi connectivity index (χ4n) is 4.23. The lowest BCUT2D eigenvalue weighted by molar-refractivity contribution is -0.118. The first kappa shape index (κ1) is 17.3. The minimum Gasteiger partial charge on any atom is -0.323 e. The van der Waals surface area contributed by atoms with Crippen LogP contribution in [-0.4, -0.2) is 11.9 Å². The molecule has 5 heteroatoms. The van der Waals surface area contributed by atoms with Gasteiger partial charge in [-0.2, -0.15) is 0 Å². The number of hydrogen-bond acceptors (Lipinski definition) is 3. The molecule has 0 saturated carbocycles. The third-order valence-corrected chi connectivity index (χ3v) is 5.83. The molecular formula is C23H19ClN2O2. The second-order valence-corrected chi connectivity index (χ2v) is 7.58. The van der Waals surface area contributed by atoms with E-state index in [1.807, 2.05) is 60.7 Å². The van der Waals surface area contributed by atoms with Gasteiger partial charge in [0.1, 0.15) is 12.1 Å². The summed E-state index contributed by atoms with van der Waals surface area (Å²) >= 11 is 6.25. The second kappa shape index (κ2) is 6.97. The van der Waals surface area contributed by atoms with E-state index in [2.05, 4.69) is 17.4 Å². The first-order chi connectivity index (χ1) is 13.7. The van der Waals surface area contributed by atoms with Crippen LogP contribution >= 0.6 is 11.6 Å². The molecule has 3 aromatic carbocycles. The highest BCUT2D eigenvalue weighted by atomic mass is 35.5. The Balaban J connectivity index is 1.51. The molecule has 0 unspecified atom stereocenters. The molecular weight excluding hydrogens is 372 g/mol. The lowest BCUT2D eigenvalue weighted by Gasteiger charge is -2.26. The highest BCUT2D eigenvalue weighted by Crippen LogP contribution is 2.48. The highest BCUT2D eigenvalue weighted by molar-refractivity contribution is 6.33. The number of anilines is 2. The topological polar surface area (TPSA) is 41.6 Å². The van der Waals surface area contributed by atoms with E-state index in [4.69, 9.17) is 16.4 Å². The summed E-state index contributed by atoms with van der Waals surface area (Å²) in [5, 5.41) is 5.28. The maximum absolute atomic E-state index is 13.4. The number of hydroxylamine groups is 1. The number of carbonyl (C=O) groups excluding carboxylic acids is 1. The fraction of sp³-hybridized carbons (Fsp3) is 0.174. The Morgan fingerprint density at radius 1 is 0.964 bits per heavy atom. The van der Waals surface area contributed by atoms with Crippen molar-refractivity contribution in [1.29, 1.82) is 0 Å². The van der Waals surface area contributed by atoms with Crippen LogP contribution in [0.5, 0.6) is 0 Å². The molecule has 1 aliphatic carbocycles. The van der Waals surface area contributed by atoms with Gasteiger partial charge in [0, 0.05) is 5.92 Å². The van der Waals surface area contributed by atoms with E-state index in [0.717, 1.165) is 12.1 Å². The van der Waals surface area contributed by atoms with Gasteiger partial charge in [0.2, 0.25) is 5.91 Å². The lowest BCUT2D eigenvalue weighted by atomic mass is 9.94. The Hall–Kier alpha value is -2.82. The minimum absolute atomic E-state index is 0.0418. The quantitative estimate of drug-likeness (QED) is 0.683. The molecule has 1 heterocycles. The first-order valence-corrected chi connectivity index (χ1v) is 9.74. The third-order valence-electron chi connectivity index (χ3n) is 5.50. The van der Waals surface area contributed by atoms with Gasteiger partial charge in [0.05, 0.1) is 16.4 Å². The standard InChI is InChI=1S/C23H19ClN2O2/c24-19-12-6-7-13-20(19)25-23(27)21-18-14-15-8-4-5-11-17(15)22(18)28-26(21)16-9-2-1-3-10-16/h1-13,18,21-22H,14H2,(H,25,27)/t18-,21+,22-/m1/s1. The molecule has 5 rings (SSSR count). The van der Waals surface area contributed by atoms with Crippen LogP contribution in [0.1, 0.15) is 17.2 Å². The summed E-state index contributed by atoms with van der Waals surface area (Å²) in [5.74, 6) is -0.0719. The molecule has 1 N–H and O–H groups in total. The van der Waals surface area contributed by atoms with Crippen LogP contribution in [0.3, 0.4) is 0 Å². The van der Waals surface area contributed by atoms with Crippen molar-refractivity contribution >= 4 is 28.9 Å². The Kier molecular flexibility index (Phi) is 4.30. The van der Waals surface area contributed by atoms with Crippen molar-refractivity contribution in [3.63, 3.8) is 0 Å². The number of fused-ring (bicyclic) bond motifs is 3. The molecule has 0 spiro atoms. The first-order valence-electron chi connectivity index (χ1n) is 9.36. The van der Waals surface area contributed by atoms with Crippen molar-refractivity contribution in [2.75, 3.05) is 10.4 Å². The summed E-state index contributed by atoms with van der Waals surface area (Å²) in [6.07, 6.45) is 0.684. The number of rotatable bonds is 3. The zero-order chi connectivity index (χ0) is 19.1. The largest absolute Gasteiger partial charge is 0.323 e. The van der Waals surface area contributed by atoms with Crippen molar-refractivity contribution in [1.82, 2.24) is 0 Å². The molecule has 4 nitrogen and oxygen atoms in total. The van der Waals surface area contributed by atoms with Crippen molar-refractivity contribution in [2.24, 2.45) is 5.92 Å². The molecule has 1 aliphatic heterocycles. The molecule has 0 radical (unpaired) electrons. The molecule has 1 amide bonds. The Bertz CT molecular complexity index is 1020. The third kappa shape index (κ3) is 2.86. The van der Waals surface area contributed by atoms with E-state index in [-0.39, 0.29) is 17.9 Å². The Labute approximate surface area is 168 Å². The van der Waals surface area contributed by atoms with Gasteiger partial charge in [0.25, 0.3) is 0 Å². The number of benzene rings is 3. The summed E-state index contributed by atoms with van der Waals surface area (Å²) in [6.45, 7) is 0. The van der Waals surface area contributed by atoms with Gasteiger partial charge in [0.15, 0.2) is 0 Å². The van der Waals surface area contributed by atoms with Crippen LogP contribution in [0.25, 0.3) is 0 Å². The molecule has 140 valence electrons. The summed E-state index contributed by atoms with van der Waals surface area (Å²) in [4.78, 5) is 19.7. The molecule has 3 atom stereocenters. The van der Waals surface area contributed by atoms with E-state index in [1.165, 1.54) is 11.1 Å². The van der Waals surface area contributed by atoms with Crippen LogP contribution in [-0.2, 0) is 16.1 Å². The van der Waals surface area contributed by atoms with Gasteiger partial charge in [-0.1, -0.05) is 66.2 Å². The van der Waals surface area contributed by atoms with Gasteiger partial charge in [-0.15, -0.1) is 0 Å². The van der Waals surface area contributed by atoms with Crippen LogP contribution < -0.4 is 10.4 Å². The molecule has 1 saturated heterocycles. The van der Waals surface area contributed by atoms with Gasteiger partial charge in [-0.25, -0.2) is 5.06 Å². The summed E-state index contributed by atoms with van der Waals surface area (Å²) in [5.41, 5.74) is 3.90. The SMILES string of the molecule is O=C(Nc1ccccc1Cl)[C@@H]1[C@H]2Cc3ccccc3[C@H]2ON1c1ccccc1. The van der Waals surface area contributed by atoms with Crippen LogP contribution in [0.4, 0.5) is 11.4 Å². The van der Waals surface area contributed by atoms with Gasteiger partial charge < -0.3 is 5.32 Å². The van der Waals surface area contributed by atoms with Crippen LogP contribution in [0.2, 0.25) is 5.02 Å². The summed E-state index contributed by atoms with van der Waals surface area (Å²) < 4.78 is 0. The zero-order valence-electron chi connectivity index (χ0n) is 15.1.